The number of rotatable bonds is 3. The molecule has 0 bridgehead atoms. The van der Waals surface area contributed by atoms with Gasteiger partial charge in [0.1, 0.15) is 0 Å². The van der Waals surface area contributed by atoms with Crippen molar-refractivity contribution in [2.75, 3.05) is 19.6 Å². The quantitative estimate of drug-likeness (QED) is 0.668. The number of amides is 2. The fourth-order valence-electron chi connectivity index (χ4n) is 1.32. The molecular weight excluding hydrogens is 166 g/mol. The van der Waals surface area contributed by atoms with Crippen molar-refractivity contribution in [3.63, 3.8) is 0 Å². The number of nitrogens with one attached hydrogen (secondary N) is 1. The second-order valence-electron chi connectivity index (χ2n) is 3.94. The van der Waals surface area contributed by atoms with Crippen molar-refractivity contribution in [3.05, 3.63) is 0 Å². The number of carbonyl (C=O) groups is 1. The van der Waals surface area contributed by atoms with Gasteiger partial charge in [-0.2, -0.15) is 0 Å². The Bertz CT molecular complexity index is 182. The lowest BCUT2D eigenvalue weighted by Crippen LogP contribution is -2.51. The lowest BCUT2D eigenvalue weighted by Gasteiger charge is -2.30. The number of carbonyl (C=O) groups excluding carboxylic acids is 1. The largest absolute Gasteiger partial charge is 0.338 e. The number of hydrogen-bond acceptors (Lipinski definition) is 2. The summed E-state index contributed by atoms with van der Waals surface area (Å²) in [4.78, 5) is 13.1. The second kappa shape index (κ2) is 4.46. The number of hydrogen-bond donors (Lipinski definition) is 2. The molecule has 1 aliphatic rings. The van der Waals surface area contributed by atoms with Gasteiger partial charge in [-0.3, -0.25) is 0 Å². The summed E-state index contributed by atoms with van der Waals surface area (Å²) < 4.78 is 0. The fraction of sp³-hybridized carbons (Fsp3) is 0.889. The summed E-state index contributed by atoms with van der Waals surface area (Å²) in [5.74, 6) is 0.426. The van der Waals surface area contributed by atoms with Crippen molar-refractivity contribution in [1.82, 2.24) is 10.2 Å². The summed E-state index contributed by atoms with van der Waals surface area (Å²) in [6.07, 6.45) is 1.02. The Labute approximate surface area is 79.5 Å². The van der Waals surface area contributed by atoms with E-state index in [2.05, 4.69) is 19.2 Å². The fourth-order valence-corrected chi connectivity index (χ4v) is 1.32. The maximum atomic E-state index is 11.3. The molecule has 0 radical (unpaired) electrons. The number of urea groups is 1. The van der Waals surface area contributed by atoms with E-state index in [1.807, 2.05) is 0 Å². The minimum atomic E-state index is 0.0300. The van der Waals surface area contributed by atoms with Gasteiger partial charge in [0.05, 0.1) is 0 Å². The maximum Gasteiger partial charge on any atom is 0.317 e. The topological polar surface area (TPSA) is 58.4 Å². The van der Waals surface area contributed by atoms with E-state index in [4.69, 9.17) is 5.73 Å². The van der Waals surface area contributed by atoms with Crippen LogP contribution in [0, 0.1) is 5.92 Å². The molecule has 76 valence electrons. The standard InChI is InChI=1S/C9H19N3O/c1-7(2)8(10)6-12-5-3-4-11-9(12)13/h7-8H,3-6,10H2,1-2H3,(H,11,13). The van der Waals surface area contributed by atoms with Crippen LogP contribution in [0.3, 0.4) is 0 Å². The zero-order valence-electron chi connectivity index (χ0n) is 8.42. The highest BCUT2D eigenvalue weighted by Crippen LogP contribution is 2.04. The van der Waals surface area contributed by atoms with E-state index in [9.17, 15) is 4.79 Å². The van der Waals surface area contributed by atoms with Crippen LogP contribution in [-0.2, 0) is 0 Å². The Hall–Kier alpha value is -0.770. The van der Waals surface area contributed by atoms with E-state index < -0.39 is 0 Å². The van der Waals surface area contributed by atoms with Gasteiger partial charge in [0.25, 0.3) is 0 Å². The molecule has 3 N–H and O–H groups in total. The Morgan fingerprint density at radius 3 is 2.85 bits per heavy atom. The Balaban J connectivity index is 2.38. The van der Waals surface area contributed by atoms with Gasteiger partial charge in [0.15, 0.2) is 0 Å². The highest BCUT2D eigenvalue weighted by molar-refractivity contribution is 5.74. The average Bonchev–Trinajstić information content (AvgIpc) is 2.08. The molecule has 1 saturated heterocycles. The lowest BCUT2D eigenvalue weighted by atomic mass is 10.1. The van der Waals surface area contributed by atoms with Crippen LogP contribution in [0.1, 0.15) is 20.3 Å². The Morgan fingerprint density at radius 1 is 1.62 bits per heavy atom. The van der Waals surface area contributed by atoms with Crippen LogP contribution < -0.4 is 11.1 Å². The molecule has 0 aromatic carbocycles. The zero-order chi connectivity index (χ0) is 9.84. The van der Waals surface area contributed by atoms with Crippen molar-refractivity contribution in [2.24, 2.45) is 11.7 Å². The van der Waals surface area contributed by atoms with E-state index in [-0.39, 0.29) is 12.1 Å². The van der Waals surface area contributed by atoms with Crippen LogP contribution in [0.4, 0.5) is 4.79 Å². The SMILES string of the molecule is CC(C)C(N)CN1CCCNC1=O. The molecule has 1 unspecified atom stereocenters. The second-order valence-corrected chi connectivity index (χ2v) is 3.94. The minimum Gasteiger partial charge on any atom is -0.338 e. The molecule has 0 aliphatic carbocycles. The summed E-state index contributed by atoms with van der Waals surface area (Å²) in [5.41, 5.74) is 5.89. The van der Waals surface area contributed by atoms with Gasteiger partial charge in [-0.25, -0.2) is 4.79 Å². The highest BCUT2D eigenvalue weighted by atomic mass is 16.2. The van der Waals surface area contributed by atoms with Gasteiger partial charge in [0, 0.05) is 25.7 Å². The van der Waals surface area contributed by atoms with E-state index >= 15 is 0 Å². The molecule has 13 heavy (non-hydrogen) atoms. The smallest absolute Gasteiger partial charge is 0.317 e. The molecule has 1 fully saturated rings. The number of nitrogens with two attached hydrogens (primary N) is 1. The molecule has 1 aliphatic heterocycles. The summed E-state index contributed by atoms with van der Waals surface area (Å²) in [5, 5.41) is 2.81. The summed E-state index contributed by atoms with van der Waals surface area (Å²) >= 11 is 0. The third kappa shape index (κ3) is 2.88. The predicted molar refractivity (Wildman–Crippen MR) is 52.4 cm³/mol. The number of nitrogens with zero attached hydrogens (tertiary/aromatic N) is 1. The van der Waals surface area contributed by atoms with Crippen LogP contribution in [-0.4, -0.2) is 36.6 Å². The monoisotopic (exact) mass is 185 g/mol. The van der Waals surface area contributed by atoms with Gasteiger partial charge in [0.2, 0.25) is 0 Å². The van der Waals surface area contributed by atoms with Crippen molar-refractivity contribution >= 4 is 6.03 Å². The molecule has 0 saturated carbocycles. The minimum absolute atomic E-state index is 0.0300. The molecule has 0 aromatic heterocycles. The average molecular weight is 185 g/mol. The molecule has 4 heteroatoms. The van der Waals surface area contributed by atoms with E-state index in [0.717, 1.165) is 19.5 Å². The molecule has 0 spiro atoms. The van der Waals surface area contributed by atoms with Crippen molar-refractivity contribution in [3.8, 4) is 0 Å². The van der Waals surface area contributed by atoms with E-state index in [0.29, 0.717) is 12.5 Å². The van der Waals surface area contributed by atoms with Gasteiger partial charge in [-0.05, 0) is 12.3 Å². The molecule has 1 rings (SSSR count). The summed E-state index contributed by atoms with van der Waals surface area (Å²) in [6, 6.07) is 0.117. The molecule has 0 aromatic rings. The van der Waals surface area contributed by atoms with Crippen molar-refractivity contribution in [2.45, 2.75) is 26.3 Å². The van der Waals surface area contributed by atoms with Gasteiger partial charge >= 0.3 is 6.03 Å². The van der Waals surface area contributed by atoms with Gasteiger partial charge in [-0.15, -0.1) is 0 Å². The first kappa shape index (κ1) is 10.3. The van der Waals surface area contributed by atoms with Crippen molar-refractivity contribution < 1.29 is 4.79 Å². The van der Waals surface area contributed by atoms with Crippen LogP contribution in [0.5, 0.6) is 0 Å². The molecule has 1 atom stereocenters. The highest BCUT2D eigenvalue weighted by Gasteiger charge is 2.20. The molecular formula is C9H19N3O. The third-order valence-electron chi connectivity index (χ3n) is 2.46. The van der Waals surface area contributed by atoms with Crippen LogP contribution in [0.2, 0.25) is 0 Å². The first-order valence-corrected chi connectivity index (χ1v) is 4.89. The van der Waals surface area contributed by atoms with Crippen molar-refractivity contribution in [1.29, 1.82) is 0 Å². The Morgan fingerprint density at radius 2 is 2.31 bits per heavy atom. The van der Waals surface area contributed by atoms with Gasteiger partial charge < -0.3 is 16.0 Å². The summed E-state index contributed by atoms with van der Waals surface area (Å²) in [6.45, 7) is 6.46. The predicted octanol–water partition coefficient (Wildman–Crippen LogP) is 0.385. The first-order chi connectivity index (χ1) is 6.11. The van der Waals surface area contributed by atoms with Crippen LogP contribution >= 0.6 is 0 Å². The maximum absolute atomic E-state index is 11.3. The van der Waals surface area contributed by atoms with Crippen LogP contribution in [0.25, 0.3) is 0 Å². The molecule has 2 amide bonds. The molecule has 1 heterocycles. The van der Waals surface area contributed by atoms with E-state index in [1.54, 1.807) is 4.90 Å². The first-order valence-electron chi connectivity index (χ1n) is 4.89. The molecule has 4 nitrogen and oxygen atoms in total. The summed E-state index contributed by atoms with van der Waals surface area (Å²) in [7, 11) is 0. The zero-order valence-corrected chi connectivity index (χ0v) is 8.42. The van der Waals surface area contributed by atoms with Gasteiger partial charge in [-0.1, -0.05) is 13.8 Å². The normalized spacial score (nSPS) is 20.3. The van der Waals surface area contributed by atoms with Crippen LogP contribution in [0.15, 0.2) is 0 Å². The Kier molecular flexibility index (Phi) is 3.54. The third-order valence-corrected chi connectivity index (χ3v) is 2.46. The lowest BCUT2D eigenvalue weighted by molar-refractivity contribution is 0.178. The van der Waals surface area contributed by atoms with E-state index in [1.165, 1.54) is 0 Å².